The number of hydrogen-bond donors (Lipinski definition) is 2. The summed E-state index contributed by atoms with van der Waals surface area (Å²) in [7, 11) is 0. The van der Waals surface area contributed by atoms with Crippen LogP contribution in [0.25, 0.3) is 0 Å². The zero-order valence-corrected chi connectivity index (χ0v) is 11.6. The van der Waals surface area contributed by atoms with Gasteiger partial charge in [0, 0.05) is 10.5 Å². The van der Waals surface area contributed by atoms with E-state index in [4.69, 9.17) is 11.6 Å². The molecule has 0 radical (unpaired) electrons. The molecule has 0 spiro atoms. The highest BCUT2D eigenvalue weighted by Crippen LogP contribution is 2.25. The molecule has 0 bridgehead atoms. The molecule has 3 nitrogen and oxygen atoms in total. The Morgan fingerprint density at radius 1 is 1.35 bits per heavy atom. The molecule has 1 aliphatic rings. The number of hydrogen-bond acceptors (Lipinski definition) is 1. The lowest BCUT2D eigenvalue weighted by molar-refractivity contribution is 0.248. The van der Waals surface area contributed by atoms with Crippen LogP contribution < -0.4 is 10.6 Å². The van der Waals surface area contributed by atoms with Gasteiger partial charge in [0.05, 0.1) is 10.7 Å². The van der Waals surface area contributed by atoms with Crippen LogP contribution in [0.2, 0.25) is 5.02 Å². The highest BCUT2D eigenvalue weighted by molar-refractivity contribution is 9.10. The first-order chi connectivity index (χ1) is 8.15. The summed E-state index contributed by atoms with van der Waals surface area (Å²) in [5.41, 5.74) is 0.630. The highest BCUT2D eigenvalue weighted by atomic mass is 79.9. The summed E-state index contributed by atoms with van der Waals surface area (Å²) in [5, 5.41) is 6.24. The molecule has 0 atom stereocenters. The summed E-state index contributed by atoms with van der Waals surface area (Å²) in [6, 6.07) is 5.51. The Morgan fingerprint density at radius 2 is 2.06 bits per heavy atom. The fraction of sp³-hybridized carbons (Fsp3) is 0.417. The predicted octanol–water partition coefficient (Wildman–Crippen LogP) is 4.17. The number of benzene rings is 1. The number of carbonyl (C=O) groups is 1. The molecule has 92 valence electrons. The minimum atomic E-state index is -0.180. The van der Waals surface area contributed by atoms with E-state index in [9.17, 15) is 4.79 Å². The maximum absolute atomic E-state index is 11.7. The lowest BCUT2D eigenvalue weighted by Crippen LogP contribution is -2.36. The first kappa shape index (κ1) is 12.7. The lowest BCUT2D eigenvalue weighted by Gasteiger charge is -2.13. The number of amides is 2. The predicted molar refractivity (Wildman–Crippen MR) is 73.6 cm³/mol. The third-order valence-corrected chi connectivity index (χ3v) is 3.68. The van der Waals surface area contributed by atoms with Crippen LogP contribution in [0.15, 0.2) is 22.7 Å². The van der Waals surface area contributed by atoms with Crippen molar-refractivity contribution in [2.75, 3.05) is 5.32 Å². The molecule has 1 aromatic carbocycles. The fourth-order valence-corrected chi connectivity index (χ4v) is 2.73. The monoisotopic (exact) mass is 316 g/mol. The average Bonchev–Trinajstić information content (AvgIpc) is 2.75. The van der Waals surface area contributed by atoms with Gasteiger partial charge in [0.25, 0.3) is 0 Å². The number of rotatable bonds is 2. The zero-order chi connectivity index (χ0) is 12.3. The summed E-state index contributed by atoms with van der Waals surface area (Å²) >= 11 is 9.34. The molecular formula is C12H14BrClN2O. The van der Waals surface area contributed by atoms with E-state index in [-0.39, 0.29) is 6.03 Å². The third-order valence-electron chi connectivity index (χ3n) is 2.87. The largest absolute Gasteiger partial charge is 0.335 e. The van der Waals surface area contributed by atoms with Gasteiger partial charge in [0.1, 0.15) is 0 Å². The van der Waals surface area contributed by atoms with E-state index >= 15 is 0 Å². The van der Waals surface area contributed by atoms with E-state index in [1.165, 1.54) is 12.8 Å². The van der Waals surface area contributed by atoms with Crippen LogP contribution in [0.1, 0.15) is 25.7 Å². The van der Waals surface area contributed by atoms with Gasteiger partial charge in [0.2, 0.25) is 0 Å². The topological polar surface area (TPSA) is 41.1 Å². The summed E-state index contributed by atoms with van der Waals surface area (Å²) in [4.78, 5) is 11.7. The molecule has 0 heterocycles. The number of nitrogens with one attached hydrogen (secondary N) is 2. The van der Waals surface area contributed by atoms with Crippen LogP contribution >= 0.6 is 27.5 Å². The van der Waals surface area contributed by atoms with Crippen LogP contribution in [-0.2, 0) is 0 Å². The van der Waals surface area contributed by atoms with Gasteiger partial charge in [-0.2, -0.15) is 0 Å². The van der Waals surface area contributed by atoms with Crippen molar-refractivity contribution >= 4 is 39.2 Å². The molecule has 1 fully saturated rings. The second kappa shape index (κ2) is 5.74. The minimum Gasteiger partial charge on any atom is -0.335 e. The Hall–Kier alpha value is -0.740. The molecule has 1 aliphatic carbocycles. The van der Waals surface area contributed by atoms with Gasteiger partial charge >= 0.3 is 6.03 Å². The smallest absolute Gasteiger partial charge is 0.319 e. The Morgan fingerprint density at radius 3 is 2.71 bits per heavy atom. The standard InChI is InChI=1S/C12H14BrClN2O/c13-8-5-6-11(10(14)7-8)16-12(17)15-9-3-1-2-4-9/h5-7,9H,1-4H2,(H2,15,16,17). The van der Waals surface area contributed by atoms with Crippen molar-refractivity contribution in [2.24, 2.45) is 0 Å². The zero-order valence-electron chi connectivity index (χ0n) is 9.30. The Balaban J connectivity index is 1.93. The highest BCUT2D eigenvalue weighted by Gasteiger charge is 2.17. The normalized spacial score (nSPS) is 15.9. The SMILES string of the molecule is O=C(Nc1ccc(Br)cc1Cl)NC1CCCC1. The van der Waals surface area contributed by atoms with Gasteiger partial charge in [-0.3, -0.25) is 0 Å². The molecule has 17 heavy (non-hydrogen) atoms. The molecule has 1 saturated carbocycles. The van der Waals surface area contributed by atoms with Crippen LogP contribution in [0.3, 0.4) is 0 Å². The van der Waals surface area contributed by atoms with E-state index in [1.807, 2.05) is 6.07 Å². The summed E-state index contributed by atoms with van der Waals surface area (Å²) in [6.45, 7) is 0. The minimum absolute atomic E-state index is 0.180. The fourth-order valence-electron chi connectivity index (χ4n) is 2.00. The van der Waals surface area contributed by atoms with Gasteiger partial charge < -0.3 is 10.6 Å². The summed E-state index contributed by atoms with van der Waals surface area (Å²) < 4.78 is 0.893. The van der Waals surface area contributed by atoms with Gasteiger partial charge in [-0.05, 0) is 31.0 Å². The van der Waals surface area contributed by atoms with Gasteiger partial charge in [-0.15, -0.1) is 0 Å². The van der Waals surface area contributed by atoms with Gasteiger partial charge in [-0.25, -0.2) is 4.79 Å². The van der Waals surface area contributed by atoms with Crippen molar-refractivity contribution in [1.29, 1.82) is 0 Å². The Labute approximate surface area is 114 Å². The van der Waals surface area contributed by atoms with Crippen LogP contribution in [0.5, 0.6) is 0 Å². The van der Waals surface area contributed by atoms with E-state index in [0.29, 0.717) is 16.8 Å². The second-order valence-corrected chi connectivity index (χ2v) is 5.53. The molecule has 2 rings (SSSR count). The maximum atomic E-state index is 11.7. The molecule has 1 aromatic rings. The third kappa shape index (κ3) is 3.61. The van der Waals surface area contributed by atoms with E-state index < -0.39 is 0 Å². The number of urea groups is 1. The first-order valence-electron chi connectivity index (χ1n) is 5.68. The molecule has 0 aliphatic heterocycles. The number of carbonyl (C=O) groups excluding carboxylic acids is 1. The van der Waals surface area contributed by atoms with Gasteiger partial charge in [-0.1, -0.05) is 40.4 Å². The van der Waals surface area contributed by atoms with E-state index in [0.717, 1.165) is 17.3 Å². The molecule has 2 N–H and O–H groups in total. The van der Waals surface area contributed by atoms with Crippen molar-refractivity contribution in [3.8, 4) is 0 Å². The Kier molecular flexibility index (Phi) is 4.29. The first-order valence-corrected chi connectivity index (χ1v) is 6.85. The number of anilines is 1. The summed E-state index contributed by atoms with van der Waals surface area (Å²) in [5.74, 6) is 0. The Bertz CT molecular complexity index is 419. The van der Waals surface area contributed by atoms with E-state index in [1.54, 1.807) is 12.1 Å². The van der Waals surface area contributed by atoms with Crippen LogP contribution in [0, 0.1) is 0 Å². The van der Waals surface area contributed by atoms with Crippen molar-refractivity contribution in [3.05, 3.63) is 27.7 Å². The van der Waals surface area contributed by atoms with Crippen molar-refractivity contribution in [1.82, 2.24) is 5.32 Å². The molecule has 0 saturated heterocycles. The van der Waals surface area contributed by atoms with Crippen LogP contribution in [-0.4, -0.2) is 12.1 Å². The van der Waals surface area contributed by atoms with Crippen LogP contribution in [0.4, 0.5) is 10.5 Å². The molecule has 0 unspecified atom stereocenters. The lowest BCUT2D eigenvalue weighted by atomic mass is 10.2. The molecular weight excluding hydrogens is 304 g/mol. The van der Waals surface area contributed by atoms with Crippen molar-refractivity contribution in [2.45, 2.75) is 31.7 Å². The molecule has 2 amide bonds. The maximum Gasteiger partial charge on any atom is 0.319 e. The number of halogens is 2. The quantitative estimate of drug-likeness (QED) is 0.844. The molecule has 0 aromatic heterocycles. The van der Waals surface area contributed by atoms with Gasteiger partial charge in [0.15, 0.2) is 0 Å². The van der Waals surface area contributed by atoms with E-state index in [2.05, 4.69) is 26.6 Å². The summed E-state index contributed by atoms with van der Waals surface area (Å²) in [6.07, 6.45) is 4.54. The second-order valence-electron chi connectivity index (χ2n) is 4.20. The average molecular weight is 318 g/mol. The molecule has 5 heteroatoms. The van der Waals surface area contributed by atoms with Crippen molar-refractivity contribution < 1.29 is 4.79 Å². The van der Waals surface area contributed by atoms with Crippen molar-refractivity contribution in [3.63, 3.8) is 0 Å².